The van der Waals surface area contributed by atoms with Gasteiger partial charge in [-0.2, -0.15) is 0 Å². The van der Waals surface area contributed by atoms with Crippen LogP contribution in [0.15, 0.2) is 78.4 Å². The fourth-order valence-electron chi connectivity index (χ4n) is 2.47. The fourth-order valence-corrected chi connectivity index (χ4v) is 2.47. The Balaban J connectivity index is 1.65. The zero-order valence-electron chi connectivity index (χ0n) is 14.3. The largest absolute Gasteiger partial charge is 0.0799 e. The van der Waals surface area contributed by atoms with E-state index in [2.05, 4.69) is 49.4 Å². The van der Waals surface area contributed by atoms with Crippen molar-refractivity contribution in [2.45, 2.75) is 19.8 Å². The summed E-state index contributed by atoms with van der Waals surface area (Å²) in [6.07, 6.45) is 10.5. The van der Waals surface area contributed by atoms with Crippen molar-refractivity contribution in [1.29, 1.82) is 0 Å². The lowest BCUT2D eigenvalue weighted by atomic mass is 10.1. The van der Waals surface area contributed by atoms with Crippen molar-refractivity contribution in [2.24, 2.45) is 0 Å². The molecule has 0 fully saturated rings. The first-order valence-corrected chi connectivity index (χ1v) is 7.32. The van der Waals surface area contributed by atoms with Crippen LogP contribution in [0.2, 0.25) is 0 Å². The first-order chi connectivity index (χ1) is 11.1. The highest BCUT2D eigenvalue weighted by Gasteiger charge is 2.07. The van der Waals surface area contributed by atoms with Gasteiger partial charge in [0.2, 0.25) is 0 Å². The predicted molar refractivity (Wildman–Crippen MR) is 91.9 cm³/mol. The Hall–Kier alpha value is -2.34. The quantitative estimate of drug-likeness (QED) is 0.659. The summed E-state index contributed by atoms with van der Waals surface area (Å²) in [5, 5.41) is 0. The zero-order valence-corrected chi connectivity index (χ0v) is 12.3. The topological polar surface area (TPSA) is 0 Å². The van der Waals surface area contributed by atoms with Gasteiger partial charge >= 0.3 is 0 Å². The Morgan fingerprint density at radius 1 is 1.14 bits per heavy atom. The second-order valence-corrected chi connectivity index (χ2v) is 5.38. The minimum atomic E-state index is 0.387. The summed E-state index contributed by atoms with van der Waals surface area (Å²) >= 11 is 0. The molecule has 0 nitrogen and oxygen atoms in total. The smallest absolute Gasteiger partial charge is 0.0629 e. The first-order valence-electron chi connectivity index (χ1n) is 8.32. The molecule has 0 saturated carbocycles. The van der Waals surface area contributed by atoms with Crippen molar-refractivity contribution in [2.75, 3.05) is 0 Å². The van der Waals surface area contributed by atoms with Gasteiger partial charge in [-0.3, -0.25) is 0 Å². The van der Waals surface area contributed by atoms with E-state index in [1.165, 1.54) is 22.3 Å². The molecular weight excluding hydrogens is 252 g/mol. The molecule has 0 bridgehead atoms. The molecule has 2 aromatic rings. The van der Waals surface area contributed by atoms with Gasteiger partial charge in [-0.25, -0.2) is 0 Å². The molecule has 0 amide bonds. The van der Waals surface area contributed by atoms with Gasteiger partial charge in [0.25, 0.3) is 0 Å². The Morgan fingerprint density at radius 2 is 2.00 bits per heavy atom. The van der Waals surface area contributed by atoms with Gasteiger partial charge in [-0.1, -0.05) is 90.0 Å². The third-order valence-electron chi connectivity index (χ3n) is 3.69. The highest BCUT2D eigenvalue weighted by molar-refractivity contribution is 5.77. The number of hydrogen-bond acceptors (Lipinski definition) is 0. The summed E-state index contributed by atoms with van der Waals surface area (Å²) in [7, 11) is 0. The van der Waals surface area contributed by atoms with E-state index in [0.717, 1.165) is 18.4 Å². The standard InChI is InChI=1S/C21H20/c1-17-10-13-20(14-11-17)21-15-12-19(16-21)9-5-8-18-6-3-2-4-7-18/h2-8,10-11,13-16H,9,12H2,1H3/b8-5-/i2D,6D. The number of aryl methyl sites for hydroxylation is 1. The maximum Gasteiger partial charge on any atom is 0.0629 e. The minimum Gasteiger partial charge on any atom is -0.0799 e. The van der Waals surface area contributed by atoms with Crippen LogP contribution in [0, 0.1) is 6.92 Å². The Labute approximate surface area is 130 Å². The molecule has 0 saturated heterocycles. The third-order valence-corrected chi connectivity index (χ3v) is 3.69. The Kier molecular flexibility index (Phi) is 3.46. The SMILES string of the molecule is [2H]c1ccc(/C=C\CC2=CC(c3ccc(C)cc3)=CC2)c([2H])c1. The van der Waals surface area contributed by atoms with E-state index in [0.29, 0.717) is 12.1 Å². The number of rotatable bonds is 4. The van der Waals surface area contributed by atoms with Crippen molar-refractivity contribution in [1.82, 2.24) is 0 Å². The molecule has 1 aliphatic carbocycles. The van der Waals surface area contributed by atoms with Crippen molar-refractivity contribution < 1.29 is 2.74 Å². The number of benzene rings is 2. The van der Waals surface area contributed by atoms with Crippen LogP contribution in [0.25, 0.3) is 11.6 Å². The molecule has 1 aliphatic rings. The van der Waals surface area contributed by atoms with Crippen molar-refractivity contribution in [3.63, 3.8) is 0 Å². The van der Waals surface area contributed by atoms with Gasteiger partial charge in [-0.15, -0.1) is 0 Å². The third kappa shape index (κ3) is 3.61. The lowest BCUT2D eigenvalue weighted by Crippen LogP contribution is -1.79. The highest BCUT2D eigenvalue weighted by Crippen LogP contribution is 2.28. The Bertz CT molecular complexity index is 793. The van der Waals surface area contributed by atoms with Crippen LogP contribution in [0.5, 0.6) is 0 Å². The molecule has 0 radical (unpaired) electrons. The molecule has 2 aromatic carbocycles. The molecule has 0 heterocycles. The molecule has 21 heavy (non-hydrogen) atoms. The average Bonchev–Trinajstić information content (AvgIpc) is 2.99. The normalized spacial score (nSPS) is 15.7. The summed E-state index contributed by atoms with van der Waals surface area (Å²) in [5.41, 5.74) is 6.11. The second-order valence-electron chi connectivity index (χ2n) is 5.38. The van der Waals surface area contributed by atoms with Crippen LogP contribution in [-0.4, -0.2) is 0 Å². The van der Waals surface area contributed by atoms with Crippen LogP contribution >= 0.6 is 0 Å². The molecule has 104 valence electrons. The number of allylic oxidation sites excluding steroid dienone is 5. The summed E-state index contributed by atoms with van der Waals surface area (Å²) < 4.78 is 15.4. The summed E-state index contributed by atoms with van der Waals surface area (Å²) in [6, 6.07) is 14.6. The molecule has 0 N–H and O–H groups in total. The lowest BCUT2D eigenvalue weighted by Gasteiger charge is -2.00. The highest BCUT2D eigenvalue weighted by atomic mass is 14.1. The van der Waals surface area contributed by atoms with E-state index in [9.17, 15) is 0 Å². The van der Waals surface area contributed by atoms with Crippen LogP contribution in [0.3, 0.4) is 0 Å². The molecule has 0 aliphatic heterocycles. The molecule has 0 atom stereocenters. The first kappa shape index (κ1) is 11.3. The summed E-state index contributed by atoms with van der Waals surface area (Å²) in [5.74, 6) is 0. The zero-order chi connectivity index (χ0) is 16.2. The average molecular weight is 274 g/mol. The molecular formula is C21H20. The van der Waals surface area contributed by atoms with Crippen molar-refractivity contribution in [3.8, 4) is 0 Å². The van der Waals surface area contributed by atoms with Crippen molar-refractivity contribution in [3.05, 3.63) is 95.0 Å². The van der Waals surface area contributed by atoms with Gasteiger partial charge < -0.3 is 0 Å². The second kappa shape index (κ2) is 6.41. The molecule has 0 unspecified atom stereocenters. The van der Waals surface area contributed by atoms with E-state index in [-0.39, 0.29) is 0 Å². The van der Waals surface area contributed by atoms with Gasteiger partial charge in [0.15, 0.2) is 0 Å². The summed E-state index contributed by atoms with van der Waals surface area (Å²) in [6.45, 7) is 2.10. The van der Waals surface area contributed by atoms with Crippen molar-refractivity contribution >= 4 is 11.6 Å². The van der Waals surface area contributed by atoms with E-state index >= 15 is 0 Å². The lowest BCUT2D eigenvalue weighted by molar-refractivity contribution is 1.14. The van der Waals surface area contributed by atoms with Crippen LogP contribution in [0.1, 0.15) is 32.3 Å². The maximum atomic E-state index is 7.86. The Morgan fingerprint density at radius 3 is 2.81 bits per heavy atom. The minimum absolute atomic E-state index is 0.387. The predicted octanol–water partition coefficient (Wildman–Crippen LogP) is 5.81. The summed E-state index contributed by atoms with van der Waals surface area (Å²) in [4.78, 5) is 0. The van der Waals surface area contributed by atoms with Gasteiger partial charge in [-0.05, 0) is 36.5 Å². The molecule has 0 aromatic heterocycles. The molecule has 0 spiro atoms. The molecule has 3 rings (SSSR count). The monoisotopic (exact) mass is 274 g/mol. The van der Waals surface area contributed by atoms with E-state index in [1.54, 1.807) is 12.1 Å². The fraction of sp³-hybridized carbons (Fsp3) is 0.143. The van der Waals surface area contributed by atoms with Crippen LogP contribution in [0.4, 0.5) is 0 Å². The van der Waals surface area contributed by atoms with Gasteiger partial charge in [0.1, 0.15) is 0 Å². The van der Waals surface area contributed by atoms with Crippen LogP contribution < -0.4 is 0 Å². The van der Waals surface area contributed by atoms with E-state index < -0.39 is 0 Å². The van der Waals surface area contributed by atoms with Gasteiger partial charge in [0, 0.05) is 0 Å². The van der Waals surface area contributed by atoms with E-state index in [4.69, 9.17) is 2.74 Å². The molecule has 0 heteroatoms. The maximum absolute atomic E-state index is 7.86. The van der Waals surface area contributed by atoms with Crippen LogP contribution in [-0.2, 0) is 0 Å². The van der Waals surface area contributed by atoms with Gasteiger partial charge in [0.05, 0.1) is 2.74 Å². The number of hydrogen-bond donors (Lipinski definition) is 0. The van der Waals surface area contributed by atoms with E-state index in [1.807, 2.05) is 12.1 Å².